The van der Waals surface area contributed by atoms with Crippen LogP contribution < -0.4 is 5.32 Å². The normalized spacial score (nSPS) is 25.7. The Morgan fingerprint density at radius 1 is 1.48 bits per heavy atom. The maximum Gasteiger partial charge on any atom is 0.239 e. The smallest absolute Gasteiger partial charge is 0.239 e. The van der Waals surface area contributed by atoms with E-state index in [9.17, 15) is 4.79 Å². The molecule has 0 spiro atoms. The first-order chi connectivity index (χ1) is 9.78. The van der Waals surface area contributed by atoms with E-state index >= 15 is 0 Å². The first-order valence-corrected chi connectivity index (χ1v) is 8.62. The highest BCUT2D eigenvalue weighted by Crippen LogP contribution is 2.30. The van der Waals surface area contributed by atoms with Crippen molar-refractivity contribution >= 4 is 29.7 Å². The zero-order valence-corrected chi connectivity index (χ0v) is 14.1. The molecule has 1 aromatic rings. The molecule has 0 aromatic carbocycles. The molecule has 0 radical (unpaired) electrons. The standard InChI is InChI=1S/C15H23N3OS.ClH/c1-2-12-10-20-14(17-12)11-5-4-8-18(9-11)15(19)13-6-3-7-16-13;/h10-11,13,16H,2-9H2,1H3;1H/t11?,13-;/m0./s1. The third-order valence-electron chi connectivity index (χ3n) is 4.37. The van der Waals surface area contributed by atoms with Crippen LogP contribution in [-0.4, -0.2) is 41.5 Å². The number of nitrogens with one attached hydrogen (secondary N) is 1. The van der Waals surface area contributed by atoms with Crippen molar-refractivity contribution in [1.82, 2.24) is 15.2 Å². The number of amides is 1. The first-order valence-electron chi connectivity index (χ1n) is 7.74. The van der Waals surface area contributed by atoms with Crippen molar-refractivity contribution in [1.29, 1.82) is 0 Å². The molecular formula is C15H24ClN3OS. The molecule has 1 amide bonds. The van der Waals surface area contributed by atoms with Gasteiger partial charge in [0.05, 0.1) is 16.7 Å². The summed E-state index contributed by atoms with van der Waals surface area (Å²) in [5, 5.41) is 6.70. The molecule has 3 heterocycles. The van der Waals surface area contributed by atoms with Crippen LogP contribution in [0.3, 0.4) is 0 Å². The van der Waals surface area contributed by atoms with Crippen LogP contribution in [0.2, 0.25) is 0 Å². The Labute approximate surface area is 136 Å². The number of hydrogen-bond donors (Lipinski definition) is 1. The lowest BCUT2D eigenvalue weighted by Crippen LogP contribution is -2.47. The first kappa shape index (κ1) is 16.7. The Hall–Kier alpha value is -0.650. The van der Waals surface area contributed by atoms with Gasteiger partial charge in [0.1, 0.15) is 0 Å². The Morgan fingerprint density at radius 2 is 2.33 bits per heavy atom. The van der Waals surface area contributed by atoms with E-state index in [0.717, 1.165) is 45.3 Å². The second-order valence-electron chi connectivity index (χ2n) is 5.80. The van der Waals surface area contributed by atoms with Gasteiger partial charge in [0.25, 0.3) is 0 Å². The summed E-state index contributed by atoms with van der Waals surface area (Å²) in [6, 6.07) is 0.0660. The fourth-order valence-electron chi connectivity index (χ4n) is 3.17. The van der Waals surface area contributed by atoms with Crippen molar-refractivity contribution < 1.29 is 4.79 Å². The largest absolute Gasteiger partial charge is 0.341 e. The Balaban J connectivity index is 0.00000161. The molecule has 0 bridgehead atoms. The molecule has 4 nitrogen and oxygen atoms in total. The maximum atomic E-state index is 12.5. The SMILES string of the molecule is CCc1csc(C2CCCN(C(=O)[C@@H]3CCCN3)C2)n1.Cl. The fraction of sp³-hybridized carbons (Fsp3) is 0.733. The topological polar surface area (TPSA) is 45.2 Å². The second-order valence-corrected chi connectivity index (χ2v) is 6.69. The molecule has 1 aromatic heterocycles. The highest BCUT2D eigenvalue weighted by Gasteiger charge is 2.31. The quantitative estimate of drug-likeness (QED) is 0.927. The van der Waals surface area contributed by atoms with Gasteiger partial charge in [-0.1, -0.05) is 6.92 Å². The van der Waals surface area contributed by atoms with Crippen LogP contribution >= 0.6 is 23.7 Å². The molecule has 2 aliphatic heterocycles. The number of aryl methyl sites for hydroxylation is 1. The Morgan fingerprint density at radius 3 is 3.00 bits per heavy atom. The van der Waals surface area contributed by atoms with Crippen LogP contribution in [0.4, 0.5) is 0 Å². The van der Waals surface area contributed by atoms with E-state index in [2.05, 4.69) is 22.5 Å². The highest BCUT2D eigenvalue weighted by molar-refractivity contribution is 7.09. The van der Waals surface area contributed by atoms with Crippen LogP contribution in [0.25, 0.3) is 0 Å². The monoisotopic (exact) mass is 329 g/mol. The lowest BCUT2D eigenvalue weighted by Gasteiger charge is -2.33. The van der Waals surface area contributed by atoms with Gasteiger partial charge in [0, 0.05) is 24.4 Å². The maximum absolute atomic E-state index is 12.5. The molecule has 3 rings (SSSR count). The van der Waals surface area contributed by atoms with E-state index in [4.69, 9.17) is 4.98 Å². The molecule has 0 saturated carbocycles. The molecule has 1 unspecified atom stereocenters. The van der Waals surface area contributed by atoms with Gasteiger partial charge in [-0.05, 0) is 38.6 Å². The number of aromatic nitrogens is 1. The number of halogens is 1. The molecule has 21 heavy (non-hydrogen) atoms. The summed E-state index contributed by atoms with van der Waals surface area (Å²) in [4.78, 5) is 19.3. The van der Waals surface area contributed by atoms with Crippen LogP contribution in [0.5, 0.6) is 0 Å². The minimum atomic E-state index is 0. The number of piperidine rings is 1. The van der Waals surface area contributed by atoms with Crippen molar-refractivity contribution in [2.75, 3.05) is 19.6 Å². The number of hydrogen-bond acceptors (Lipinski definition) is 4. The van der Waals surface area contributed by atoms with Crippen LogP contribution in [0.15, 0.2) is 5.38 Å². The zero-order chi connectivity index (χ0) is 13.9. The molecule has 2 fully saturated rings. The van der Waals surface area contributed by atoms with Crippen LogP contribution in [0, 0.1) is 0 Å². The molecule has 2 aliphatic rings. The molecule has 2 saturated heterocycles. The lowest BCUT2D eigenvalue weighted by atomic mass is 9.98. The van der Waals surface area contributed by atoms with E-state index in [-0.39, 0.29) is 18.4 Å². The summed E-state index contributed by atoms with van der Waals surface area (Å²) in [5.74, 6) is 0.749. The van der Waals surface area contributed by atoms with Gasteiger partial charge < -0.3 is 10.2 Å². The van der Waals surface area contributed by atoms with Crippen molar-refractivity contribution in [3.8, 4) is 0 Å². The van der Waals surface area contributed by atoms with Crippen molar-refractivity contribution in [2.24, 2.45) is 0 Å². The summed E-state index contributed by atoms with van der Waals surface area (Å²) in [7, 11) is 0. The van der Waals surface area contributed by atoms with Gasteiger partial charge in [0.15, 0.2) is 0 Å². The lowest BCUT2D eigenvalue weighted by molar-refractivity contribution is -0.134. The van der Waals surface area contributed by atoms with Crippen LogP contribution in [-0.2, 0) is 11.2 Å². The van der Waals surface area contributed by atoms with Gasteiger partial charge in [-0.2, -0.15) is 0 Å². The van der Waals surface area contributed by atoms with Gasteiger partial charge in [-0.15, -0.1) is 23.7 Å². The van der Waals surface area contributed by atoms with E-state index in [0.29, 0.717) is 11.8 Å². The number of thiazole rings is 1. The van der Waals surface area contributed by atoms with Gasteiger partial charge in [-0.3, -0.25) is 4.79 Å². The molecular weight excluding hydrogens is 306 g/mol. The molecule has 118 valence electrons. The summed E-state index contributed by atoms with van der Waals surface area (Å²) >= 11 is 1.76. The minimum Gasteiger partial charge on any atom is -0.341 e. The minimum absolute atomic E-state index is 0. The van der Waals surface area contributed by atoms with Gasteiger partial charge in [0.2, 0.25) is 5.91 Å². The average Bonchev–Trinajstić information content (AvgIpc) is 3.17. The van der Waals surface area contributed by atoms with Gasteiger partial charge >= 0.3 is 0 Å². The summed E-state index contributed by atoms with van der Waals surface area (Å²) in [5.41, 5.74) is 1.19. The number of likely N-dealkylation sites (tertiary alicyclic amines) is 1. The number of nitrogens with zero attached hydrogens (tertiary/aromatic N) is 2. The van der Waals surface area contributed by atoms with Crippen LogP contribution in [0.1, 0.15) is 49.2 Å². The molecule has 1 N–H and O–H groups in total. The van der Waals surface area contributed by atoms with Crippen molar-refractivity contribution in [2.45, 2.75) is 51.0 Å². The number of carbonyl (C=O) groups is 1. The number of rotatable bonds is 3. The molecule has 6 heteroatoms. The summed E-state index contributed by atoms with van der Waals surface area (Å²) in [6.45, 7) is 4.90. The predicted molar refractivity (Wildman–Crippen MR) is 88.3 cm³/mol. The summed E-state index contributed by atoms with van der Waals surface area (Å²) < 4.78 is 0. The van der Waals surface area contributed by atoms with Crippen molar-refractivity contribution in [3.63, 3.8) is 0 Å². The zero-order valence-electron chi connectivity index (χ0n) is 12.5. The highest BCUT2D eigenvalue weighted by atomic mass is 35.5. The Kier molecular flexibility index (Phi) is 6.02. The van der Waals surface area contributed by atoms with E-state index < -0.39 is 0 Å². The van der Waals surface area contributed by atoms with E-state index in [1.54, 1.807) is 11.3 Å². The average molecular weight is 330 g/mol. The molecule has 2 atom stereocenters. The third-order valence-corrected chi connectivity index (χ3v) is 5.43. The summed E-state index contributed by atoms with van der Waals surface area (Å²) in [6.07, 6.45) is 5.39. The van der Waals surface area contributed by atoms with E-state index in [1.165, 1.54) is 17.1 Å². The Bertz CT molecular complexity index is 473. The van der Waals surface area contributed by atoms with E-state index in [1.807, 2.05) is 0 Å². The second kappa shape index (κ2) is 7.56. The molecule has 0 aliphatic carbocycles. The predicted octanol–water partition coefficient (Wildman–Crippen LogP) is 2.59. The third kappa shape index (κ3) is 3.76. The number of carbonyl (C=O) groups excluding carboxylic acids is 1. The fourth-order valence-corrected chi connectivity index (χ4v) is 4.20. The van der Waals surface area contributed by atoms with Crippen molar-refractivity contribution in [3.05, 3.63) is 16.1 Å². The van der Waals surface area contributed by atoms with Gasteiger partial charge in [-0.25, -0.2) is 4.98 Å².